The van der Waals surface area contributed by atoms with Crippen molar-refractivity contribution in [3.05, 3.63) is 23.7 Å². The maximum absolute atomic E-state index is 4.27. The maximum Gasteiger partial charge on any atom is 0.208 e. The minimum absolute atomic E-state index is 0.704. The van der Waals surface area contributed by atoms with Crippen LogP contribution in [0.4, 0.5) is 5.13 Å². The Hall–Kier alpha value is -1.43. The normalized spacial score (nSPS) is 14.9. The first-order valence-electron chi connectivity index (χ1n) is 6.33. The molecule has 0 spiro atoms. The summed E-state index contributed by atoms with van der Waals surface area (Å²) in [5.74, 6) is 0.704. The Morgan fingerprint density at radius 1 is 1.44 bits per heavy atom. The molecule has 5 nitrogen and oxygen atoms in total. The van der Waals surface area contributed by atoms with Gasteiger partial charge in [0, 0.05) is 38.4 Å². The van der Waals surface area contributed by atoms with Crippen molar-refractivity contribution < 1.29 is 0 Å². The zero-order valence-corrected chi connectivity index (χ0v) is 11.3. The van der Waals surface area contributed by atoms with Crippen LogP contribution in [0.25, 0.3) is 0 Å². The van der Waals surface area contributed by atoms with Crippen molar-refractivity contribution in [1.82, 2.24) is 19.7 Å². The Morgan fingerprint density at radius 3 is 3.06 bits per heavy atom. The fraction of sp³-hybridized carbons (Fsp3) is 0.583. The van der Waals surface area contributed by atoms with Gasteiger partial charge in [-0.3, -0.25) is 0 Å². The van der Waals surface area contributed by atoms with Gasteiger partial charge < -0.3 is 9.47 Å². The molecule has 0 unspecified atom stereocenters. The fourth-order valence-corrected chi connectivity index (χ4v) is 2.88. The molecule has 0 radical (unpaired) electrons. The summed E-state index contributed by atoms with van der Waals surface area (Å²) in [6, 6.07) is 0. The number of imidazole rings is 1. The van der Waals surface area contributed by atoms with E-state index in [1.54, 1.807) is 11.3 Å². The molecule has 18 heavy (non-hydrogen) atoms. The van der Waals surface area contributed by atoms with Gasteiger partial charge in [0.25, 0.3) is 0 Å². The lowest BCUT2D eigenvalue weighted by Gasteiger charge is -2.14. The first-order valence-corrected chi connectivity index (χ1v) is 7.15. The molecule has 1 fully saturated rings. The largest absolute Gasteiger partial charge is 0.350 e. The number of aryl methyl sites for hydroxylation is 1. The highest BCUT2D eigenvalue weighted by atomic mass is 32.1. The molecule has 0 aromatic carbocycles. The first kappa shape index (κ1) is 11.6. The van der Waals surface area contributed by atoms with Crippen LogP contribution in [0.15, 0.2) is 18.7 Å². The van der Waals surface area contributed by atoms with E-state index in [1.807, 2.05) is 18.7 Å². The van der Waals surface area contributed by atoms with E-state index in [4.69, 9.17) is 0 Å². The van der Waals surface area contributed by atoms with Crippen molar-refractivity contribution in [2.45, 2.75) is 31.7 Å². The van der Waals surface area contributed by atoms with Crippen LogP contribution >= 0.6 is 11.3 Å². The van der Waals surface area contributed by atoms with Gasteiger partial charge in [-0.05, 0) is 19.3 Å². The molecule has 0 amide bonds. The average Bonchev–Trinajstić information content (AvgIpc) is 2.92. The van der Waals surface area contributed by atoms with Crippen LogP contribution in [0, 0.1) is 0 Å². The zero-order chi connectivity index (χ0) is 12.4. The summed E-state index contributed by atoms with van der Waals surface area (Å²) in [6.07, 6.45) is 9.34. The lowest BCUT2D eigenvalue weighted by Crippen LogP contribution is -2.19. The molecular weight excluding hydrogens is 246 g/mol. The monoisotopic (exact) mass is 263 g/mol. The second-order valence-corrected chi connectivity index (χ2v) is 5.76. The van der Waals surface area contributed by atoms with Gasteiger partial charge in [-0.25, -0.2) is 4.98 Å². The third-order valence-corrected chi connectivity index (χ3v) is 4.35. The third-order valence-electron chi connectivity index (χ3n) is 3.15. The van der Waals surface area contributed by atoms with Crippen LogP contribution in [0.1, 0.15) is 30.2 Å². The fourth-order valence-electron chi connectivity index (χ4n) is 1.88. The highest BCUT2D eigenvalue weighted by Gasteiger charge is 2.27. The van der Waals surface area contributed by atoms with Crippen LogP contribution in [0.5, 0.6) is 0 Å². The minimum atomic E-state index is 0.704. The van der Waals surface area contributed by atoms with Crippen LogP contribution in [-0.2, 0) is 6.54 Å². The number of hydrogen-bond donors (Lipinski definition) is 0. The quantitative estimate of drug-likeness (QED) is 0.801. The second-order valence-electron chi connectivity index (χ2n) is 4.77. The summed E-state index contributed by atoms with van der Waals surface area (Å²) in [7, 11) is 2.09. The molecule has 0 bridgehead atoms. The molecule has 2 aromatic rings. The Balaban J connectivity index is 1.49. The van der Waals surface area contributed by atoms with E-state index < -0.39 is 0 Å². The Labute approximate surface area is 110 Å². The molecular formula is C12H17N5S. The lowest BCUT2D eigenvalue weighted by atomic mass is 10.4. The van der Waals surface area contributed by atoms with Crippen LogP contribution in [0.2, 0.25) is 0 Å². The molecule has 96 valence electrons. The standard InChI is InChI=1S/C12H17N5S/c1-16(6-2-7-17-8-5-13-9-17)12-15-14-11(18-12)10-3-4-10/h5,8-10H,2-4,6-7H2,1H3. The number of hydrogen-bond acceptors (Lipinski definition) is 5. The number of nitrogens with zero attached hydrogens (tertiary/aromatic N) is 5. The highest BCUT2D eigenvalue weighted by Crippen LogP contribution is 2.42. The molecule has 1 aliphatic carbocycles. The van der Waals surface area contributed by atoms with Crippen molar-refractivity contribution in [1.29, 1.82) is 0 Å². The van der Waals surface area contributed by atoms with Gasteiger partial charge in [0.15, 0.2) is 0 Å². The maximum atomic E-state index is 4.27. The highest BCUT2D eigenvalue weighted by molar-refractivity contribution is 7.15. The number of rotatable bonds is 6. The molecule has 0 N–H and O–H groups in total. The Kier molecular flexibility index (Phi) is 3.27. The zero-order valence-electron chi connectivity index (χ0n) is 10.5. The smallest absolute Gasteiger partial charge is 0.208 e. The summed E-state index contributed by atoms with van der Waals surface area (Å²) in [5, 5.41) is 10.8. The van der Waals surface area contributed by atoms with E-state index in [2.05, 4.69) is 31.7 Å². The van der Waals surface area contributed by atoms with Crippen LogP contribution in [0.3, 0.4) is 0 Å². The molecule has 1 aliphatic rings. The van der Waals surface area contributed by atoms with Crippen molar-refractivity contribution in [2.24, 2.45) is 0 Å². The van der Waals surface area contributed by atoms with Crippen molar-refractivity contribution in [2.75, 3.05) is 18.5 Å². The first-order chi connectivity index (χ1) is 8.83. The summed E-state index contributed by atoms with van der Waals surface area (Å²) >= 11 is 1.74. The van der Waals surface area contributed by atoms with Crippen LogP contribution in [-0.4, -0.2) is 33.3 Å². The van der Waals surface area contributed by atoms with E-state index in [0.29, 0.717) is 5.92 Å². The van der Waals surface area contributed by atoms with Gasteiger partial charge in [0.2, 0.25) is 5.13 Å². The molecule has 1 saturated carbocycles. The van der Waals surface area contributed by atoms with E-state index in [0.717, 1.165) is 24.6 Å². The molecule has 0 saturated heterocycles. The Bertz CT molecular complexity index is 488. The third kappa shape index (κ3) is 2.69. The van der Waals surface area contributed by atoms with Gasteiger partial charge in [0.1, 0.15) is 5.01 Å². The van der Waals surface area contributed by atoms with E-state index in [9.17, 15) is 0 Å². The average molecular weight is 263 g/mol. The molecule has 6 heteroatoms. The summed E-state index contributed by atoms with van der Waals surface area (Å²) < 4.78 is 2.10. The lowest BCUT2D eigenvalue weighted by molar-refractivity contribution is 0.636. The van der Waals surface area contributed by atoms with Gasteiger partial charge in [-0.2, -0.15) is 0 Å². The second kappa shape index (κ2) is 5.06. The molecule has 0 atom stereocenters. The predicted octanol–water partition coefficient (Wildman–Crippen LogP) is 2.14. The molecule has 2 heterocycles. The molecule has 2 aromatic heterocycles. The van der Waals surface area contributed by atoms with E-state index in [-0.39, 0.29) is 0 Å². The van der Waals surface area contributed by atoms with Gasteiger partial charge >= 0.3 is 0 Å². The summed E-state index contributed by atoms with van der Waals surface area (Å²) in [4.78, 5) is 6.23. The molecule has 3 rings (SSSR count). The topological polar surface area (TPSA) is 46.8 Å². The summed E-state index contributed by atoms with van der Waals surface area (Å²) in [6.45, 7) is 2.00. The Morgan fingerprint density at radius 2 is 2.33 bits per heavy atom. The van der Waals surface area contributed by atoms with Crippen molar-refractivity contribution in [3.63, 3.8) is 0 Å². The molecule has 0 aliphatic heterocycles. The van der Waals surface area contributed by atoms with Gasteiger partial charge in [0.05, 0.1) is 6.33 Å². The van der Waals surface area contributed by atoms with Gasteiger partial charge in [-0.15, -0.1) is 10.2 Å². The van der Waals surface area contributed by atoms with Crippen LogP contribution < -0.4 is 4.90 Å². The predicted molar refractivity (Wildman–Crippen MR) is 72.0 cm³/mol. The van der Waals surface area contributed by atoms with Crippen molar-refractivity contribution in [3.8, 4) is 0 Å². The number of anilines is 1. The van der Waals surface area contributed by atoms with Gasteiger partial charge in [-0.1, -0.05) is 11.3 Å². The number of aromatic nitrogens is 4. The van der Waals surface area contributed by atoms with E-state index in [1.165, 1.54) is 17.8 Å². The summed E-state index contributed by atoms with van der Waals surface area (Å²) in [5.41, 5.74) is 0. The minimum Gasteiger partial charge on any atom is -0.350 e. The SMILES string of the molecule is CN(CCCn1ccnc1)c1nnc(C2CC2)s1. The van der Waals surface area contributed by atoms with Crippen molar-refractivity contribution >= 4 is 16.5 Å². The van der Waals surface area contributed by atoms with E-state index >= 15 is 0 Å².